The second kappa shape index (κ2) is 4.57. The lowest BCUT2D eigenvalue weighted by Crippen LogP contribution is -2.32. The van der Waals surface area contributed by atoms with E-state index in [0.29, 0.717) is 6.42 Å². The van der Waals surface area contributed by atoms with Crippen molar-refractivity contribution in [3.8, 4) is 0 Å². The molecule has 76 valence electrons. The van der Waals surface area contributed by atoms with Gasteiger partial charge in [0.15, 0.2) is 0 Å². The number of aliphatic carboxylic acids is 1. The molecule has 1 atom stereocenters. The van der Waals surface area contributed by atoms with Crippen LogP contribution in [0.15, 0.2) is 22.7 Å². The Balaban J connectivity index is 2.87. The van der Waals surface area contributed by atoms with Gasteiger partial charge in [0, 0.05) is 4.47 Å². The number of carbonyl (C=O) groups is 1. The summed E-state index contributed by atoms with van der Waals surface area (Å²) in [7, 11) is 0. The third-order valence-electron chi connectivity index (χ3n) is 2.14. The highest BCUT2D eigenvalue weighted by Gasteiger charge is 2.13. The number of nitrogens with two attached hydrogens (primary N) is 1. The van der Waals surface area contributed by atoms with Crippen molar-refractivity contribution in [2.24, 2.45) is 5.73 Å². The number of halogens is 1. The zero-order valence-electron chi connectivity index (χ0n) is 7.83. The average Bonchev–Trinajstić information content (AvgIpc) is 2.12. The molecule has 0 radical (unpaired) electrons. The lowest BCUT2D eigenvalue weighted by atomic mass is 10.0. The molecular formula is C10H12BrNO2. The topological polar surface area (TPSA) is 63.3 Å². The highest BCUT2D eigenvalue weighted by atomic mass is 79.9. The Kier molecular flexibility index (Phi) is 3.66. The van der Waals surface area contributed by atoms with Crippen LogP contribution in [0.4, 0.5) is 0 Å². The molecule has 0 aliphatic rings. The van der Waals surface area contributed by atoms with Crippen LogP contribution in [0.3, 0.4) is 0 Å². The fraction of sp³-hybridized carbons (Fsp3) is 0.300. The van der Waals surface area contributed by atoms with Crippen molar-refractivity contribution in [1.29, 1.82) is 0 Å². The predicted molar refractivity (Wildman–Crippen MR) is 58.2 cm³/mol. The number of benzene rings is 1. The molecule has 0 bridgehead atoms. The maximum atomic E-state index is 10.6. The minimum absolute atomic E-state index is 0.362. The van der Waals surface area contributed by atoms with Gasteiger partial charge >= 0.3 is 5.97 Å². The van der Waals surface area contributed by atoms with Crippen LogP contribution in [0.5, 0.6) is 0 Å². The van der Waals surface area contributed by atoms with Gasteiger partial charge in [-0.05, 0) is 30.5 Å². The summed E-state index contributed by atoms with van der Waals surface area (Å²) in [6.07, 6.45) is 0.362. The molecule has 3 nitrogen and oxygen atoms in total. The zero-order chi connectivity index (χ0) is 10.7. The van der Waals surface area contributed by atoms with E-state index in [2.05, 4.69) is 15.9 Å². The van der Waals surface area contributed by atoms with E-state index >= 15 is 0 Å². The summed E-state index contributed by atoms with van der Waals surface area (Å²) in [5, 5.41) is 8.67. The molecule has 1 rings (SSSR count). The van der Waals surface area contributed by atoms with E-state index in [9.17, 15) is 4.79 Å². The second-order valence-corrected chi connectivity index (χ2v) is 4.03. The molecule has 0 saturated carbocycles. The zero-order valence-corrected chi connectivity index (χ0v) is 9.41. The Bertz CT molecular complexity index is 352. The fourth-order valence-corrected chi connectivity index (χ4v) is 1.60. The monoisotopic (exact) mass is 257 g/mol. The van der Waals surface area contributed by atoms with Crippen molar-refractivity contribution in [1.82, 2.24) is 0 Å². The Morgan fingerprint density at radius 3 is 2.86 bits per heavy atom. The summed E-state index contributed by atoms with van der Waals surface area (Å²) in [6.45, 7) is 1.94. The molecule has 14 heavy (non-hydrogen) atoms. The van der Waals surface area contributed by atoms with Crippen LogP contribution in [-0.4, -0.2) is 17.1 Å². The largest absolute Gasteiger partial charge is 0.480 e. The molecule has 0 heterocycles. The highest BCUT2D eigenvalue weighted by molar-refractivity contribution is 9.10. The maximum absolute atomic E-state index is 10.6. The second-order valence-electron chi connectivity index (χ2n) is 3.17. The summed E-state index contributed by atoms with van der Waals surface area (Å²) in [5.74, 6) is -0.968. The van der Waals surface area contributed by atoms with Crippen LogP contribution in [0.1, 0.15) is 11.1 Å². The van der Waals surface area contributed by atoms with Crippen LogP contribution >= 0.6 is 15.9 Å². The lowest BCUT2D eigenvalue weighted by molar-refractivity contribution is -0.138. The minimum Gasteiger partial charge on any atom is -0.480 e. The Labute approximate surface area is 91.1 Å². The van der Waals surface area contributed by atoms with Gasteiger partial charge in [0.1, 0.15) is 6.04 Å². The molecule has 0 saturated heterocycles. The number of rotatable bonds is 3. The Morgan fingerprint density at radius 2 is 2.29 bits per heavy atom. The molecule has 4 heteroatoms. The molecular weight excluding hydrogens is 246 g/mol. The van der Waals surface area contributed by atoms with E-state index in [1.807, 2.05) is 25.1 Å². The first-order chi connectivity index (χ1) is 6.52. The molecule has 3 N–H and O–H groups in total. The number of hydrogen-bond donors (Lipinski definition) is 2. The Hall–Kier alpha value is -0.870. The van der Waals surface area contributed by atoms with Crippen LogP contribution in [-0.2, 0) is 11.2 Å². The number of carboxylic acid groups (broad SMARTS) is 1. The smallest absolute Gasteiger partial charge is 0.320 e. The SMILES string of the molecule is Cc1c(Br)cccc1C[C@@H](N)C(=O)O. The summed E-state index contributed by atoms with van der Waals surface area (Å²) < 4.78 is 0.979. The third-order valence-corrected chi connectivity index (χ3v) is 3.00. The standard InChI is InChI=1S/C10H12BrNO2/c1-6-7(3-2-4-8(6)11)5-9(12)10(13)14/h2-4,9H,5,12H2,1H3,(H,13,14)/t9-/m1/s1. The fourth-order valence-electron chi connectivity index (χ4n) is 1.20. The van der Waals surface area contributed by atoms with Gasteiger partial charge in [-0.3, -0.25) is 4.79 Å². The molecule has 1 aromatic carbocycles. The number of hydrogen-bond acceptors (Lipinski definition) is 2. The molecule has 0 spiro atoms. The van der Waals surface area contributed by atoms with Crippen molar-refractivity contribution in [2.75, 3.05) is 0 Å². The normalized spacial score (nSPS) is 12.5. The van der Waals surface area contributed by atoms with Crippen molar-refractivity contribution >= 4 is 21.9 Å². The predicted octanol–water partition coefficient (Wildman–Crippen LogP) is 1.71. The van der Waals surface area contributed by atoms with Crippen LogP contribution in [0, 0.1) is 6.92 Å². The summed E-state index contributed by atoms with van der Waals surface area (Å²) in [4.78, 5) is 10.6. The van der Waals surface area contributed by atoms with Gasteiger partial charge in [-0.15, -0.1) is 0 Å². The minimum atomic E-state index is -0.968. The quantitative estimate of drug-likeness (QED) is 0.867. The molecule has 0 aliphatic carbocycles. The summed E-state index contributed by atoms with van der Waals surface area (Å²) in [5.41, 5.74) is 7.47. The molecule has 0 aromatic heterocycles. The van der Waals surface area contributed by atoms with Crippen molar-refractivity contribution in [3.63, 3.8) is 0 Å². The highest BCUT2D eigenvalue weighted by Crippen LogP contribution is 2.20. The number of carboxylic acids is 1. The van der Waals surface area contributed by atoms with E-state index in [-0.39, 0.29) is 0 Å². The molecule has 0 amide bonds. The van der Waals surface area contributed by atoms with E-state index in [4.69, 9.17) is 10.8 Å². The van der Waals surface area contributed by atoms with Gasteiger partial charge in [-0.2, -0.15) is 0 Å². The molecule has 0 aliphatic heterocycles. The van der Waals surface area contributed by atoms with E-state index in [1.165, 1.54) is 0 Å². The maximum Gasteiger partial charge on any atom is 0.320 e. The van der Waals surface area contributed by atoms with Gasteiger partial charge in [-0.25, -0.2) is 0 Å². The lowest BCUT2D eigenvalue weighted by Gasteiger charge is -2.10. The Morgan fingerprint density at radius 1 is 1.64 bits per heavy atom. The van der Waals surface area contributed by atoms with Crippen molar-refractivity contribution < 1.29 is 9.90 Å². The van der Waals surface area contributed by atoms with E-state index in [0.717, 1.165) is 15.6 Å². The van der Waals surface area contributed by atoms with Gasteiger partial charge in [0.2, 0.25) is 0 Å². The van der Waals surface area contributed by atoms with Gasteiger partial charge in [0.25, 0.3) is 0 Å². The van der Waals surface area contributed by atoms with Gasteiger partial charge in [-0.1, -0.05) is 28.1 Å². The van der Waals surface area contributed by atoms with Crippen LogP contribution < -0.4 is 5.73 Å². The van der Waals surface area contributed by atoms with Gasteiger partial charge in [0.05, 0.1) is 0 Å². The molecule has 0 fully saturated rings. The van der Waals surface area contributed by atoms with E-state index < -0.39 is 12.0 Å². The van der Waals surface area contributed by atoms with Gasteiger partial charge < -0.3 is 10.8 Å². The summed E-state index contributed by atoms with van der Waals surface area (Å²) >= 11 is 3.38. The first-order valence-corrected chi connectivity index (χ1v) is 5.04. The summed E-state index contributed by atoms with van der Waals surface area (Å²) in [6, 6.07) is 4.86. The first kappa shape index (κ1) is 11.2. The van der Waals surface area contributed by atoms with Crippen molar-refractivity contribution in [3.05, 3.63) is 33.8 Å². The molecule has 0 unspecified atom stereocenters. The third kappa shape index (κ3) is 2.56. The average molecular weight is 258 g/mol. The van der Waals surface area contributed by atoms with Crippen LogP contribution in [0.25, 0.3) is 0 Å². The first-order valence-electron chi connectivity index (χ1n) is 4.24. The van der Waals surface area contributed by atoms with E-state index in [1.54, 1.807) is 0 Å². The van der Waals surface area contributed by atoms with Crippen molar-refractivity contribution in [2.45, 2.75) is 19.4 Å². The van der Waals surface area contributed by atoms with Crippen LogP contribution in [0.2, 0.25) is 0 Å². The molecule has 1 aromatic rings.